The van der Waals surface area contributed by atoms with Crippen LogP contribution in [0.3, 0.4) is 0 Å². The van der Waals surface area contributed by atoms with Crippen LogP contribution in [0.15, 0.2) is 4.79 Å². The molecule has 1 rings (SSSR count). The van der Waals surface area contributed by atoms with Crippen LogP contribution in [-0.2, 0) is 6.54 Å². The molecular weight excluding hydrogens is 180 g/mol. The van der Waals surface area contributed by atoms with Crippen molar-refractivity contribution in [3.63, 3.8) is 0 Å². The number of H-pyrrole nitrogens is 1. The Morgan fingerprint density at radius 3 is 2.71 bits per heavy atom. The quantitative estimate of drug-likeness (QED) is 0.745. The number of nitrogens with one attached hydrogen (secondary N) is 1. The number of nitrogens with two attached hydrogens (primary N) is 1. The number of aromatic nitrogens is 3. The van der Waals surface area contributed by atoms with Gasteiger partial charge < -0.3 is 5.73 Å². The predicted molar refractivity (Wildman–Crippen MR) is 54.9 cm³/mol. The smallest absolute Gasteiger partial charge is 0.321 e. The predicted octanol–water partition coefficient (Wildman–Crippen LogP) is 0.637. The lowest BCUT2D eigenvalue weighted by Gasteiger charge is -2.13. The number of nitrogens with zero attached hydrogens (tertiary/aromatic N) is 2. The Morgan fingerprint density at radius 1 is 1.57 bits per heavy atom. The SMILES string of the molecule is CCn1c([C@@H](N)CC(C)C)n[nH]c1=O. The van der Waals surface area contributed by atoms with Gasteiger partial charge in [-0.15, -0.1) is 0 Å². The van der Waals surface area contributed by atoms with Crippen molar-refractivity contribution in [2.45, 2.75) is 39.8 Å². The molecule has 1 atom stereocenters. The molecule has 3 N–H and O–H groups in total. The molecule has 0 bridgehead atoms. The van der Waals surface area contributed by atoms with Crippen molar-refractivity contribution in [3.05, 3.63) is 16.3 Å². The molecule has 0 aliphatic rings. The number of hydrogen-bond acceptors (Lipinski definition) is 3. The molecule has 0 aromatic carbocycles. The number of hydrogen-bond donors (Lipinski definition) is 2. The van der Waals surface area contributed by atoms with Crippen molar-refractivity contribution < 1.29 is 0 Å². The fourth-order valence-electron chi connectivity index (χ4n) is 1.53. The molecule has 0 unspecified atom stereocenters. The van der Waals surface area contributed by atoms with Crippen molar-refractivity contribution in [2.24, 2.45) is 11.7 Å². The molecule has 80 valence electrons. The average Bonchev–Trinajstić information content (AvgIpc) is 2.45. The topological polar surface area (TPSA) is 76.7 Å². The standard InChI is InChI=1S/C9H18N4O/c1-4-13-8(11-12-9(13)14)7(10)5-6(2)3/h6-7H,4-5,10H2,1-3H3,(H,12,14)/t7-/m0/s1. The second kappa shape index (κ2) is 4.41. The highest BCUT2D eigenvalue weighted by Gasteiger charge is 2.15. The number of aromatic amines is 1. The van der Waals surface area contributed by atoms with E-state index in [1.807, 2.05) is 6.92 Å². The lowest BCUT2D eigenvalue weighted by molar-refractivity contribution is 0.474. The van der Waals surface area contributed by atoms with Crippen molar-refractivity contribution >= 4 is 0 Å². The zero-order valence-electron chi connectivity index (χ0n) is 8.95. The van der Waals surface area contributed by atoms with E-state index in [-0.39, 0.29) is 11.7 Å². The van der Waals surface area contributed by atoms with Crippen LogP contribution in [0, 0.1) is 5.92 Å². The molecule has 1 aromatic rings. The molecule has 0 spiro atoms. The summed E-state index contributed by atoms with van der Waals surface area (Å²) in [5, 5.41) is 6.36. The molecule has 14 heavy (non-hydrogen) atoms. The van der Waals surface area contributed by atoms with E-state index in [9.17, 15) is 4.79 Å². The highest BCUT2D eigenvalue weighted by Crippen LogP contribution is 2.15. The van der Waals surface area contributed by atoms with Crippen LogP contribution in [0.1, 0.15) is 39.1 Å². The van der Waals surface area contributed by atoms with Gasteiger partial charge in [0.25, 0.3) is 0 Å². The summed E-state index contributed by atoms with van der Waals surface area (Å²) >= 11 is 0. The van der Waals surface area contributed by atoms with Gasteiger partial charge in [0.1, 0.15) is 5.82 Å². The van der Waals surface area contributed by atoms with Gasteiger partial charge in [-0.05, 0) is 19.3 Å². The zero-order chi connectivity index (χ0) is 10.7. The van der Waals surface area contributed by atoms with Gasteiger partial charge in [0, 0.05) is 6.54 Å². The van der Waals surface area contributed by atoms with Crippen LogP contribution in [-0.4, -0.2) is 14.8 Å². The Bertz CT molecular complexity index is 339. The first kappa shape index (κ1) is 11.0. The summed E-state index contributed by atoms with van der Waals surface area (Å²) in [6.07, 6.45) is 0.838. The molecule has 0 fully saturated rings. The van der Waals surface area contributed by atoms with Crippen LogP contribution in [0.2, 0.25) is 0 Å². The first-order valence-corrected chi connectivity index (χ1v) is 4.97. The monoisotopic (exact) mass is 198 g/mol. The Kier molecular flexibility index (Phi) is 3.46. The van der Waals surface area contributed by atoms with Gasteiger partial charge >= 0.3 is 5.69 Å². The van der Waals surface area contributed by atoms with Crippen LogP contribution in [0.25, 0.3) is 0 Å². The summed E-state index contributed by atoms with van der Waals surface area (Å²) in [4.78, 5) is 11.3. The van der Waals surface area contributed by atoms with Crippen molar-refractivity contribution in [1.29, 1.82) is 0 Å². The van der Waals surface area contributed by atoms with E-state index in [0.29, 0.717) is 18.3 Å². The maximum absolute atomic E-state index is 11.3. The molecule has 5 heteroatoms. The lowest BCUT2D eigenvalue weighted by atomic mass is 10.0. The van der Waals surface area contributed by atoms with E-state index in [1.165, 1.54) is 0 Å². The first-order valence-electron chi connectivity index (χ1n) is 4.97. The van der Waals surface area contributed by atoms with Gasteiger partial charge in [0.05, 0.1) is 6.04 Å². The van der Waals surface area contributed by atoms with E-state index in [1.54, 1.807) is 4.57 Å². The molecule has 1 aromatic heterocycles. The molecule has 0 aliphatic carbocycles. The summed E-state index contributed by atoms with van der Waals surface area (Å²) in [6, 6.07) is -0.158. The van der Waals surface area contributed by atoms with Gasteiger partial charge in [-0.2, -0.15) is 5.10 Å². The Hall–Kier alpha value is -1.10. The van der Waals surface area contributed by atoms with Gasteiger partial charge in [-0.25, -0.2) is 9.89 Å². The highest BCUT2D eigenvalue weighted by atomic mass is 16.1. The van der Waals surface area contributed by atoms with E-state index in [0.717, 1.165) is 6.42 Å². The average molecular weight is 198 g/mol. The fourth-order valence-corrected chi connectivity index (χ4v) is 1.53. The summed E-state index contributed by atoms with van der Waals surface area (Å²) < 4.78 is 1.58. The van der Waals surface area contributed by atoms with Crippen LogP contribution >= 0.6 is 0 Å². The first-order chi connectivity index (χ1) is 6.56. The summed E-state index contributed by atoms with van der Waals surface area (Å²) in [5.41, 5.74) is 5.76. The molecule has 0 radical (unpaired) electrons. The maximum Gasteiger partial charge on any atom is 0.343 e. The zero-order valence-corrected chi connectivity index (χ0v) is 8.95. The normalized spacial score (nSPS) is 13.5. The van der Waals surface area contributed by atoms with E-state index in [4.69, 9.17) is 5.73 Å². The highest BCUT2D eigenvalue weighted by molar-refractivity contribution is 4.94. The van der Waals surface area contributed by atoms with Gasteiger partial charge in [0.15, 0.2) is 0 Å². The minimum Gasteiger partial charge on any atom is -0.321 e. The molecule has 1 heterocycles. The third kappa shape index (κ3) is 2.23. The van der Waals surface area contributed by atoms with Crippen molar-refractivity contribution in [3.8, 4) is 0 Å². The Labute approximate surface area is 83.3 Å². The van der Waals surface area contributed by atoms with Gasteiger partial charge in [-0.3, -0.25) is 4.57 Å². The molecular formula is C9H18N4O. The van der Waals surface area contributed by atoms with E-state index in [2.05, 4.69) is 24.0 Å². The summed E-state index contributed by atoms with van der Waals surface area (Å²) in [5.74, 6) is 1.16. The fraction of sp³-hybridized carbons (Fsp3) is 0.778. The van der Waals surface area contributed by atoms with Crippen LogP contribution in [0.5, 0.6) is 0 Å². The van der Waals surface area contributed by atoms with Gasteiger partial charge in [-0.1, -0.05) is 13.8 Å². The third-order valence-corrected chi connectivity index (χ3v) is 2.16. The van der Waals surface area contributed by atoms with E-state index < -0.39 is 0 Å². The molecule has 0 saturated carbocycles. The minimum atomic E-state index is -0.179. The maximum atomic E-state index is 11.3. The molecule has 0 saturated heterocycles. The van der Waals surface area contributed by atoms with Gasteiger partial charge in [0.2, 0.25) is 0 Å². The molecule has 0 aliphatic heterocycles. The van der Waals surface area contributed by atoms with Crippen molar-refractivity contribution in [1.82, 2.24) is 14.8 Å². The molecule has 0 amide bonds. The lowest BCUT2D eigenvalue weighted by Crippen LogP contribution is -2.23. The largest absolute Gasteiger partial charge is 0.343 e. The second-order valence-corrected chi connectivity index (χ2v) is 3.87. The van der Waals surface area contributed by atoms with E-state index >= 15 is 0 Å². The Balaban J connectivity index is 2.89. The second-order valence-electron chi connectivity index (χ2n) is 3.87. The van der Waals surface area contributed by atoms with Crippen LogP contribution in [0.4, 0.5) is 0 Å². The van der Waals surface area contributed by atoms with Crippen LogP contribution < -0.4 is 11.4 Å². The Morgan fingerprint density at radius 2 is 2.21 bits per heavy atom. The minimum absolute atomic E-state index is 0.158. The summed E-state index contributed by atoms with van der Waals surface area (Å²) in [7, 11) is 0. The van der Waals surface area contributed by atoms with Crippen molar-refractivity contribution in [2.75, 3.05) is 0 Å². The summed E-state index contributed by atoms with van der Waals surface area (Å²) in [6.45, 7) is 6.71. The molecule has 5 nitrogen and oxygen atoms in total. The third-order valence-electron chi connectivity index (χ3n) is 2.16. The number of rotatable bonds is 4.